The molecular weight excluding hydrogens is 196 g/mol. The molecule has 0 fully saturated rings. The first-order chi connectivity index (χ1) is 6.83. The Bertz CT molecular complexity index is 238. The van der Waals surface area contributed by atoms with E-state index in [4.69, 9.17) is 4.74 Å². The van der Waals surface area contributed by atoms with Crippen LogP contribution in [0.4, 0.5) is 0 Å². The molecule has 0 aromatic heterocycles. The van der Waals surface area contributed by atoms with Crippen molar-refractivity contribution in [3.05, 3.63) is 30.3 Å². The number of thioether (sulfide) groups is 1. The quantitative estimate of drug-likeness (QED) is 0.783. The first-order valence-corrected chi connectivity index (χ1v) is 5.92. The fourth-order valence-electron chi connectivity index (χ4n) is 1.01. The fourth-order valence-corrected chi connectivity index (χ4v) is 1.62. The Morgan fingerprint density at radius 2 is 2.07 bits per heavy atom. The van der Waals surface area contributed by atoms with Gasteiger partial charge in [-0.15, -0.1) is 0 Å². The summed E-state index contributed by atoms with van der Waals surface area (Å²) in [5, 5.41) is 9.50. The van der Waals surface area contributed by atoms with Gasteiger partial charge in [0.1, 0.15) is 12.4 Å². The summed E-state index contributed by atoms with van der Waals surface area (Å²) in [7, 11) is 0. The van der Waals surface area contributed by atoms with Crippen LogP contribution < -0.4 is 4.74 Å². The minimum atomic E-state index is -0.375. The largest absolute Gasteiger partial charge is 0.491 e. The monoisotopic (exact) mass is 212 g/mol. The summed E-state index contributed by atoms with van der Waals surface area (Å²) in [6.45, 7) is 2.45. The van der Waals surface area contributed by atoms with E-state index in [-0.39, 0.29) is 6.10 Å². The van der Waals surface area contributed by atoms with E-state index in [9.17, 15) is 5.11 Å². The van der Waals surface area contributed by atoms with Crippen molar-refractivity contribution < 1.29 is 9.84 Å². The van der Waals surface area contributed by atoms with E-state index in [1.165, 1.54) is 0 Å². The highest BCUT2D eigenvalue weighted by molar-refractivity contribution is 7.99. The standard InChI is InChI=1S/C11H16O2S/c1-2-14-9-10(12)8-13-11-6-4-3-5-7-11/h3-7,10,12H,2,8-9H2,1H3/t10-/m0/s1. The molecule has 0 radical (unpaired) electrons. The number of aliphatic hydroxyl groups excluding tert-OH is 1. The van der Waals surface area contributed by atoms with Crippen molar-refractivity contribution in [2.24, 2.45) is 0 Å². The van der Waals surface area contributed by atoms with Crippen molar-refractivity contribution in [2.45, 2.75) is 13.0 Å². The minimum absolute atomic E-state index is 0.372. The van der Waals surface area contributed by atoms with Crippen LogP contribution in [-0.4, -0.2) is 29.3 Å². The SMILES string of the molecule is CCSC[C@@H](O)COc1ccccc1. The van der Waals surface area contributed by atoms with Gasteiger partial charge in [0, 0.05) is 5.75 Å². The zero-order valence-corrected chi connectivity index (χ0v) is 9.17. The number of aliphatic hydroxyl groups is 1. The minimum Gasteiger partial charge on any atom is -0.491 e. The number of para-hydroxylation sites is 1. The second kappa shape index (κ2) is 6.74. The number of ether oxygens (including phenoxy) is 1. The van der Waals surface area contributed by atoms with E-state index in [1.807, 2.05) is 30.3 Å². The molecule has 0 saturated carbocycles. The highest BCUT2D eigenvalue weighted by Gasteiger charge is 2.03. The molecule has 1 atom stereocenters. The number of hydrogen-bond acceptors (Lipinski definition) is 3. The molecule has 0 spiro atoms. The van der Waals surface area contributed by atoms with E-state index in [2.05, 4.69) is 6.92 Å². The van der Waals surface area contributed by atoms with Crippen LogP contribution in [0.3, 0.4) is 0 Å². The Kier molecular flexibility index (Phi) is 5.49. The van der Waals surface area contributed by atoms with E-state index in [0.29, 0.717) is 6.61 Å². The summed E-state index contributed by atoms with van der Waals surface area (Å²) in [4.78, 5) is 0. The van der Waals surface area contributed by atoms with Crippen LogP contribution in [0.5, 0.6) is 5.75 Å². The second-order valence-electron chi connectivity index (χ2n) is 2.94. The zero-order valence-electron chi connectivity index (χ0n) is 8.35. The average molecular weight is 212 g/mol. The van der Waals surface area contributed by atoms with Gasteiger partial charge in [-0.2, -0.15) is 11.8 Å². The van der Waals surface area contributed by atoms with Crippen LogP contribution in [-0.2, 0) is 0 Å². The number of rotatable bonds is 6. The van der Waals surface area contributed by atoms with Crippen LogP contribution in [0.2, 0.25) is 0 Å². The van der Waals surface area contributed by atoms with Crippen molar-refractivity contribution >= 4 is 11.8 Å². The van der Waals surface area contributed by atoms with Gasteiger partial charge in [-0.1, -0.05) is 25.1 Å². The Hall–Kier alpha value is -0.670. The maximum absolute atomic E-state index is 9.50. The number of benzene rings is 1. The molecule has 1 N–H and O–H groups in total. The van der Waals surface area contributed by atoms with Gasteiger partial charge >= 0.3 is 0 Å². The van der Waals surface area contributed by atoms with Crippen molar-refractivity contribution in [3.8, 4) is 5.75 Å². The summed E-state index contributed by atoms with van der Waals surface area (Å²) >= 11 is 1.72. The molecule has 3 heteroatoms. The molecular formula is C11H16O2S. The van der Waals surface area contributed by atoms with Crippen molar-refractivity contribution in [2.75, 3.05) is 18.1 Å². The lowest BCUT2D eigenvalue weighted by Gasteiger charge is -2.11. The van der Waals surface area contributed by atoms with Crippen molar-refractivity contribution in [1.82, 2.24) is 0 Å². The molecule has 0 amide bonds. The molecule has 0 saturated heterocycles. The lowest BCUT2D eigenvalue weighted by Crippen LogP contribution is -2.20. The zero-order chi connectivity index (χ0) is 10.2. The molecule has 14 heavy (non-hydrogen) atoms. The molecule has 0 aliphatic rings. The van der Waals surface area contributed by atoms with E-state index < -0.39 is 0 Å². The van der Waals surface area contributed by atoms with Crippen LogP contribution in [0.15, 0.2) is 30.3 Å². The summed E-state index contributed by atoms with van der Waals surface area (Å²) in [5.74, 6) is 2.58. The third-order valence-electron chi connectivity index (χ3n) is 1.70. The predicted molar refractivity (Wildman–Crippen MR) is 60.9 cm³/mol. The first kappa shape index (κ1) is 11.4. The summed E-state index contributed by atoms with van der Waals surface area (Å²) in [6, 6.07) is 9.56. The summed E-state index contributed by atoms with van der Waals surface area (Å²) < 4.78 is 5.40. The van der Waals surface area contributed by atoms with Gasteiger partial charge < -0.3 is 9.84 Å². The smallest absolute Gasteiger partial charge is 0.119 e. The third-order valence-corrected chi connectivity index (χ3v) is 2.73. The normalized spacial score (nSPS) is 12.4. The van der Waals surface area contributed by atoms with Crippen LogP contribution in [0.1, 0.15) is 6.92 Å². The number of hydrogen-bond donors (Lipinski definition) is 1. The van der Waals surface area contributed by atoms with E-state index >= 15 is 0 Å². The van der Waals surface area contributed by atoms with E-state index in [1.54, 1.807) is 11.8 Å². The molecule has 0 heterocycles. The van der Waals surface area contributed by atoms with Gasteiger partial charge in [-0.3, -0.25) is 0 Å². The van der Waals surface area contributed by atoms with Gasteiger partial charge in [-0.05, 0) is 17.9 Å². The predicted octanol–water partition coefficient (Wildman–Crippen LogP) is 2.18. The maximum Gasteiger partial charge on any atom is 0.119 e. The average Bonchev–Trinajstić information content (AvgIpc) is 2.25. The molecule has 1 rings (SSSR count). The van der Waals surface area contributed by atoms with Gasteiger partial charge in [0.25, 0.3) is 0 Å². The van der Waals surface area contributed by atoms with E-state index in [0.717, 1.165) is 17.3 Å². The van der Waals surface area contributed by atoms with Gasteiger partial charge in [-0.25, -0.2) is 0 Å². The Balaban J connectivity index is 2.20. The van der Waals surface area contributed by atoms with Crippen molar-refractivity contribution in [1.29, 1.82) is 0 Å². The summed E-state index contributed by atoms with van der Waals surface area (Å²) in [6.07, 6.45) is -0.375. The molecule has 78 valence electrons. The molecule has 0 unspecified atom stereocenters. The first-order valence-electron chi connectivity index (χ1n) is 4.76. The lowest BCUT2D eigenvalue weighted by molar-refractivity contribution is 0.126. The van der Waals surface area contributed by atoms with Crippen LogP contribution in [0.25, 0.3) is 0 Å². The van der Waals surface area contributed by atoms with Crippen molar-refractivity contribution in [3.63, 3.8) is 0 Å². The fraction of sp³-hybridized carbons (Fsp3) is 0.455. The summed E-state index contributed by atoms with van der Waals surface area (Å²) in [5.41, 5.74) is 0. The highest BCUT2D eigenvalue weighted by Crippen LogP contribution is 2.09. The highest BCUT2D eigenvalue weighted by atomic mass is 32.2. The second-order valence-corrected chi connectivity index (χ2v) is 4.26. The molecule has 0 bridgehead atoms. The molecule has 1 aromatic carbocycles. The van der Waals surface area contributed by atoms with Gasteiger partial charge in [0.05, 0.1) is 6.10 Å². The topological polar surface area (TPSA) is 29.5 Å². The molecule has 1 aromatic rings. The Morgan fingerprint density at radius 1 is 1.36 bits per heavy atom. The third kappa shape index (κ3) is 4.53. The maximum atomic E-state index is 9.50. The van der Waals surface area contributed by atoms with Crippen LogP contribution >= 0.6 is 11.8 Å². The molecule has 0 aliphatic heterocycles. The van der Waals surface area contributed by atoms with Gasteiger partial charge in [0.2, 0.25) is 0 Å². The lowest BCUT2D eigenvalue weighted by atomic mass is 10.3. The Labute approximate surface area is 89.3 Å². The molecule has 2 nitrogen and oxygen atoms in total. The van der Waals surface area contributed by atoms with Crippen LogP contribution in [0, 0.1) is 0 Å². The molecule has 0 aliphatic carbocycles. The van der Waals surface area contributed by atoms with Gasteiger partial charge in [0.15, 0.2) is 0 Å². The Morgan fingerprint density at radius 3 is 2.71 bits per heavy atom.